The normalized spacial score (nSPS) is 24.5. The summed E-state index contributed by atoms with van der Waals surface area (Å²) in [5.41, 5.74) is 0.282. The predicted molar refractivity (Wildman–Crippen MR) is 184 cm³/mol. The number of urea groups is 1. The monoisotopic (exact) mass is 797 g/mol. The molecule has 0 saturated carbocycles. The van der Waals surface area contributed by atoms with Gasteiger partial charge in [-0.05, 0) is 19.8 Å². The average molecular weight is 798 g/mol. The van der Waals surface area contributed by atoms with E-state index < -0.39 is 0 Å². The maximum absolute atomic E-state index is 12.6. The smallest absolute Gasteiger partial charge is 0.315 e. The fraction of sp³-hybridized carbons (Fsp3) is 0.758. The van der Waals surface area contributed by atoms with Crippen LogP contribution in [0, 0.1) is 12.3 Å². The number of nitrogens with one attached hydrogen (secondary N) is 5. The van der Waals surface area contributed by atoms with Crippen molar-refractivity contribution < 1.29 is 70.8 Å². The minimum atomic E-state index is -0.368. The van der Waals surface area contributed by atoms with Gasteiger partial charge in [-0.1, -0.05) is 32.8 Å². The molecule has 0 spiro atoms. The van der Waals surface area contributed by atoms with Crippen molar-refractivity contribution in [2.24, 2.45) is 5.92 Å². The number of unbranched alkanes of at least 4 members (excludes halogenated alkanes) is 1. The van der Waals surface area contributed by atoms with Gasteiger partial charge < -0.3 is 50.1 Å². The van der Waals surface area contributed by atoms with E-state index in [0.29, 0.717) is 64.4 Å². The number of rotatable bonds is 23. The maximum atomic E-state index is 12.6. The number of ether oxygens (including phenoxy) is 4. The summed E-state index contributed by atoms with van der Waals surface area (Å²) in [6.07, 6.45) is 9.68. The van der Waals surface area contributed by atoms with Crippen molar-refractivity contribution in [3.05, 3.63) is 24.6 Å². The summed E-state index contributed by atoms with van der Waals surface area (Å²) in [5, 5.41) is 14.9. The maximum Gasteiger partial charge on any atom is 0.315 e. The van der Waals surface area contributed by atoms with E-state index in [2.05, 4.69) is 51.8 Å². The first-order valence-corrected chi connectivity index (χ1v) is 18.6. The number of nitrogens with zero attached hydrogens (tertiary/aromatic N) is 2. The molecule has 0 bridgehead atoms. The summed E-state index contributed by atoms with van der Waals surface area (Å²) in [4.78, 5) is 52.7. The van der Waals surface area contributed by atoms with Crippen LogP contribution in [0.25, 0.3) is 0 Å². The van der Waals surface area contributed by atoms with Crippen molar-refractivity contribution in [2.45, 2.75) is 95.0 Å². The van der Waals surface area contributed by atoms with Crippen LogP contribution in [0.5, 0.6) is 0 Å². The van der Waals surface area contributed by atoms with Crippen molar-refractivity contribution in [3.63, 3.8) is 0 Å². The molecule has 17 heteroatoms. The number of carbonyl (C=O) groups excluding carboxylic acids is 4. The van der Waals surface area contributed by atoms with Gasteiger partial charge in [0.2, 0.25) is 11.8 Å². The van der Waals surface area contributed by atoms with Gasteiger partial charge in [0.15, 0.2) is 0 Å². The molecule has 3 aliphatic rings. The summed E-state index contributed by atoms with van der Waals surface area (Å²) in [6.45, 7) is 9.12. The molecule has 4 heterocycles. The molecule has 0 aliphatic carbocycles. The van der Waals surface area contributed by atoms with Gasteiger partial charge >= 0.3 is 6.03 Å². The van der Waals surface area contributed by atoms with Crippen molar-refractivity contribution >= 4 is 35.5 Å². The molecule has 5 N–H and O–H groups in total. The molecular formula is C33H54N7O8SY-. The zero-order chi connectivity index (χ0) is 35.0. The molecule has 50 heavy (non-hydrogen) atoms. The summed E-state index contributed by atoms with van der Waals surface area (Å²) >= 11 is 1.89. The molecule has 1 aromatic heterocycles. The first kappa shape index (κ1) is 42.6. The van der Waals surface area contributed by atoms with E-state index in [1.807, 2.05) is 16.3 Å². The van der Waals surface area contributed by atoms with E-state index in [1.54, 1.807) is 19.4 Å². The van der Waals surface area contributed by atoms with Crippen LogP contribution in [-0.2, 0) is 61.2 Å². The second-order valence-corrected chi connectivity index (χ2v) is 14.0. The standard InChI is InChI=1S/C33H54N7O8S.Y/c1-4-24-17-22(2)32(48-24)40-19-25(36-21-40)31(43)37-23(3)18-29(42)35-10-12-46-14-16-47-15-13-45-11-9-34-28(41)8-6-5-7-27-30-26(20-49-27)38-33(44)39-30;/h17,19,21-24,26-27,30,32H,4-16,18,20H2,1-3H3,(H,34,41)(H,35,42)(H,37,43)(H2,38,39,44);/q-1;/t22-,23+,24+,26?,27?,30?,32+;/m0./s1. The van der Waals surface area contributed by atoms with E-state index in [9.17, 15) is 19.2 Å². The SMILES string of the molecule is CC[C@@H]1[CH-][C@H](C)[C@H](n2cnc(C(=O)N[C@H](C)CC(=O)NCCOCCOCCOCCNC(=O)CCCCC3SCC4NC(=O)NC43)c2)O1.[Y]. The van der Waals surface area contributed by atoms with E-state index in [1.165, 1.54) is 0 Å². The Kier molecular flexibility index (Phi) is 19.6. The number of hydrogen-bond acceptors (Lipinski definition) is 10. The second-order valence-electron chi connectivity index (χ2n) is 12.7. The van der Waals surface area contributed by atoms with E-state index in [-0.39, 0.29) is 105 Å². The molecule has 3 fully saturated rings. The zero-order valence-corrected chi connectivity index (χ0v) is 33.2. The van der Waals surface area contributed by atoms with Crippen molar-refractivity contribution in [3.8, 4) is 0 Å². The third-order valence-electron chi connectivity index (χ3n) is 8.64. The number of thioether (sulfide) groups is 1. The Bertz CT molecular complexity index is 1210. The first-order chi connectivity index (χ1) is 23.7. The number of fused-ring (bicyclic) bond motifs is 1. The number of imidazole rings is 1. The molecule has 279 valence electrons. The molecule has 15 nitrogen and oxygen atoms in total. The Morgan fingerprint density at radius 3 is 2.42 bits per heavy atom. The van der Waals surface area contributed by atoms with Gasteiger partial charge in [-0.2, -0.15) is 11.8 Å². The van der Waals surface area contributed by atoms with Gasteiger partial charge in [-0.15, -0.1) is 5.92 Å². The topological polar surface area (TPSA) is 183 Å². The molecule has 0 aromatic carbocycles. The number of amides is 5. The molecule has 3 aliphatic heterocycles. The van der Waals surface area contributed by atoms with Crippen LogP contribution in [0.3, 0.4) is 0 Å². The summed E-state index contributed by atoms with van der Waals surface area (Å²) < 4.78 is 24.3. The van der Waals surface area contributed by atoms with Gasteiger partial charge in [0.25, 0.3) is 5.91 Å². The van der Waals surface area contributed by atoms with Crippen LogP contribution in [0.2, 0.25) is 0 Å². The fourth-order valence-corrected chi connectivity index (χ4v) is 7.62. The first-order valence-electron chi connectivity index (χ1n) is 17.5. The van der Waals surface area contributed by atoms with Crippen molar-refractivity contribution in [1.82, 2.24) is 36.1 Å². The third kappa shape index (κ3) is 14.3. The number of hydrogen-bond donors (Lipinski definition) is 5. The Morgan fingerprint density at radius 2 is 1.74 bits per heavy atom. The molecule has 4 rings (SSSR count). The van der Waals surface area contributed by atoms with Crippen LogP contribution in [0.15, 0.2) is 12.5 Å². The van der Waals surface area contributed by atoms with E-state index in [4.69, 9.17) is 18.9 Å². The van der Waals surface area contributed by atoms with Gasteiger partial charge in [0.1, 0.15) is 11.9 Å². The summed E-state index contributed by atoms with van der Waals surface area (Å²) in [5.74, 6) is 0.668. The molecule has 3 saturated heterocycles. The van der Waals surface area contributed by atoms with Crippen molar-refractivity contribution in [2.75, 3.05) is 58.5 Å². The Hall–Kier alpha value is -1.82. The van der Waals surface area contributed by atoms with Gasteiger partial charge in [-0.25, -0.2) is 9.78 Å². The van der Waals surface area contributed by atoms with Crippen LogP contribution >= 0.6 is 11.8 Å². The molecule has 5 amide bonds. The second kappa shape index (κ2) is 23.0. The molecule has 3 unspecified atom stereocenters. The van der Waals surface area contributed by atoms with Crippen LogP contribution in [0.1, 0.15) is 76.0 Å². The van der Waals surface area contributed by atoms with Crippen LogP contribution < -0.4 is 26.6 Å². The zero-order valence-electron chi connectivity index (χ0n) is 29.5. The predicted octanol–water partition coefficient (Wildman–Crippen LogP) is 1.54. The third-order valence-corrected chi connectivity index (χ3v) is 10.2. The van der Waals surface area contributed by atoms with Gasteiger partial charge in [0, 0.05) is 81.9 Å². The van der Waals surface area contributed by atoms with Crippen molar-refractivity contribution in [1.29, 1.82) is 0 Å². The largest absolute Gasteiger partial charge is 0.389 e. The van der Waals surface area contributed by atoms with Crippen LogP contribution in [0.4, 0.5) is 4.79 Å². The molecule has 1 aromatic rings. The molecule has 1 radical (unpaired) electrons. The minimum Gasteiger partial charge on any atom is -0.389 e. The fourth-order valence-electron chi connectivity index (χ4n) is 6.08. The summed E-state index contributed by atoms with van der Waals surface area (Å²) in [7, 11) is 0. The van der Waals surface area contributed by atoms with Crippen LogP contribution in [-0.4, -0.2) is 121 Å². The van der Waals surface area contributed by atoms with E-state index >= 15 is 0 Å². The Morgan fingerprint density at radius 1 is 1.06 bits per heavy atom. The molecule has 7 atom stereocenters. The average Bonchev–Trinajstić information content (AvgIpc) is 3.86. The minimum absolute atomic E-state index is 0. The summed E-state index contributed by atoms with van der Waals surface area (Å²) in [6, 6.07) is 0.00862. The molecular weight excluding hydrogens is 743 g/mol. The Balaban J connectivity index is 0.00000676. The quantitative estimate of drug-likeness (QED) is 0.0619. The number of aromatic nitrogens is 2. The number of carbonyl (C=O) groups is 4. The van der Waals surface area contributed by atoms with E-state index in [0.717, 1.165) is 31.4 Å². The Labute approximate surface area is 324 Å². The van der Waals surface area contributed by atoms with Gasteiger partial charge in [-0.3, -0.25) is 20.8 Å². The van der Waals surface area contributed by atoms with Gasteiger partial charge in [0.05, 0.1) is 58.1 Å².